The van der Waals surface area contributed by atoms with E-state index in [9.17, 15) is 34.5 Å². The van der Waals surface area contributed by atoms with Gasteiger partial charge in [-0.15, -0.1) is 0 Å². The maximum absolute atomic E-state index is 14.1. The van der Waals surface area contributed by atoms with Gasteiger partial charge in [0.15, 0.2) is 0 Å². The molecule has 1 amide bonds. The molecule has 300 valence electrons. The summed E-state index contributed by atoms with van der Waals surface area (Å²) in [5.41, 5.74) is 3.40. The molecule has 0 aromatic heterocycles. The van der Waals surface area contributed by atoms with Crippen LogP contribution in [0, 0.1) is 17.8 Å². The molecule has 0 spiro atoms. The SMILES string of the molecule is O=C(O)C(Nc1cccc(CC(=O)N(CCOc2cccc(NC(C(=O)O)C3CCNC3)c2)Cc2cccc(NC(C(=O)O)C3CCNC3)c2)c1)C1CCNC1. The number of nitrogens with zero attached hydrogens (tertiary/aromatic N) is 1. The molecule has 3 fully saturated rings. The average Bonchev–Trinajstić information content (AvgIpc) is 4.00. The summed E-state index contributed by atoms with van der Waals surface area (Å²) in [6.45, 7) is 4.78. The zero-order valence-corrected chi connectivity index (χ0v) is 31.4. The van der Waals surface area contributed by atoms with Gasteiger partial charge in [-0.2, -0.15) is 0 Å². The quantitative estimate of drug-likeness (QED) is 0.0809. The van der Waals surface area contributed by atoms with Crippen LogP contribution in [0.3, 0.4) is 0 Å². The molecule has 3 saturated heterocycles. The van der Waals surface area contributed by atoms with Gasteiger partial charge in [-0.3, -0.25) is 4.79 Å². The van der Waals surface area contributed by atoms with Crippen LogP contribution in [0.1, 0.15) is 30.4 Å². The number of carbonyl (C=O) groups is 4. The molecule has 3 heterocycles. The lowest BCUT2D eigenvalue weighted by atomic mass is 9.98. The highest BCUT2D eigenvalue weighted by atomic mass is 16.5. The number of carbonyl (C=O) groups excluding carboxylic acids is 1. The number of nitrogens with one attached hydrogen (secondary N) is 6. The molecule has 3 aliphatic heterocycles. The highest BCUT2D eigenvalue weighted by Crippen LogP contribution is 2.25. The Bertz CT molecular complexity index is 1810. The standard InChI is InChI=1S/C41H53N7O8/c49-35(20-26-4-1-6-31(18-26)45-36(39(50)51)28-10-13-42-22-28)48(25-27-5-2-7-32(19-27)46-37(40(52)53)29-11-14-43-23-29)16-17-56-34-9-3-8-33(21-34)47-38(41(54)55)30-12-15-44-24-30/h1-9,18-19,21,28-30,36-38,42-47H,10-17,20,22-25H2,(H,50,51)(H,52,53)(H,54,55). The Balaban J connectivity index is 1.15. The number of carboxylic acid groups (broad SMARTS) is 3. The van der Waals surface area contributed by atoms with E-state index in [4.69, 9.17) is 4.74 Å². The molecule has 3 aromatic rings. The lowest BCUT2D eigenvalue weighted by Gasteiger charge is -2.25. The van der Waals surface area contributed by atoms with Crippen LogP contribution < -0.4 is 36.6 Å². The molecule has 15 nitrogen and oxygen atoms in total. The number of hydrogen-bond acceptors (Lipinski definition) is 11. The zero-order valence-electron chi connectivity index (χ0n) is 31.4. The minimum absolute atomic E-state index is 0.0419. The Hall–Kier alpha value is -5.38. The van der Waals surface area contributed by atoms with E-state index in [0.717, 1.165) is 44.5 Å². The van der Waals surface area contributed by atoms with Crippen LogP contribution >= 0.6 is 0 Å². The number of benzene rings is 3. The summed E-state index contributed by atoms with van der Waals surface area (Å²) in [6, 6.07) is 19.5. The molecular weight excluding hydrogens is 718 g/mol. The van der Waals surface area contributed by atoms with Gasteiger partial charge >= 0.3 is 17.9 Å². The Morgan fingerprint density at radius 3 is 1.55 bits per heavy atom. The monoisotopic (exact) mass is 771 g/mol. The van der Waals surface area contributed by atoms with E-state index in [1.54, 1.807) is 41.3 Å². The average molecular weight is 772 g/mol. The van der Waals surface area contributed by atoms with Crippen molar-refractivity contribution < 1.29 is 39.2 Å². The largest absolute Gasteiger partial charge is 0.492 e. The van der Waals surface area contributed by atoms with Gasteiger partial charge in [-0.25, -0.2) is 14.4 Å². The van der Waals surface area contributed by atoms with Gasteiger partial charge in [0.1, 0.15) is 30.5 Å². The topological polar surface area (TPSA) is 214 Å². The summed E-state index contributed by atoms with van der Waals surface area (Å²) in [4.78, 5) is 52.1. The van der Waals surface area contributed by atoms with E-state index in [0.29, 0.717) is 48.0 Å². The third-order valence-corrected chi connectivity index (χ3v) is 10.9. The molecule has 6 atom stereocenters. The lowest BCUT2D eigenvalue weighted by Crippen LogP contribution is -2.38. The van der Waals surface area contributed by atoms with Gasteiger partial charge in [0.25, 0.3) is 0 Å². The Labute approximate surface area is 326 Å². The first-order valence-electron chi connectivity index (χ1n) is 19.4. The highest BCUT2D eigenvalue weighted by Gasteiger charge is 2.32. The second kappa shape index (κ2) is 19.5. The number of amides is 1. The van der Waals surface area contributed by atoms with Crippen molar-refractivity contribution in [3.63, 3.8) is 0 Å². The van der Waals surface area contributed by atoms with Gasteiger partial charge in [0.2, 0.25) is 5.91 Å². The number of aliphatic carboxylic acids is 3. The van der Waals surface area contributed by atoms with Crippen LogP contribution in [0.2, 0.25) is 0 Å². The maximum atomic E-state index is 14.1. The zero-order chi connectivity index (χ0) is 39.4. The van der Waals surface area contributed by atoms with Crippen LogP contribution in [0.25, 0.3) is 0 Å². The number of anilines is 3. The molecule has 3 aliphatic rings. The fourth-order valence-corrected chi connectivity index (χ4v) is 7.85. The number of ether oxygens (including phenoxy) is 1. The maximum Gasteiger partial charge on any atom is 0.326 e. The van der Waals surface area contributed by atoms with Crippen LogP contribution in [-0.2, 0) is 32.1 Å². The van der Waals surface area contributed by atoms with Gasteiger partial charge < -0.3 is 56.9 Å². The molecule has 0 aliphatic carbocycles. The molecule has 3 aromatic carbocycles. The second-order valence-electron chi connectivity index (χ2n) is 14.9. The predicted molar refractivity (Wildman–Crippen MR) is 212 cm³/mol. The number of rotatable bonds is 20. The number of hydrogen-bond donors (Lipinski definition) is 9. The molecule has 6 unspecified atom stereocenters. The number of carboxylic acids is 3. The van der Waals surface area contributed by atoms with Crippen LogP contribution in [0.15, 0.2) is 72.8 Å². The van der Waals surface area contributed by atoms with Crippen molar-refractivity contribution in [1.82, 2.24) is 20.9 Å². The minimum atomic E-state index is -0.924. The minimum Gasteiger partial charge on any atom is -0.492 e. The van der Waals surface area contributed by atoms with Crippen molar-refractivity contribution in [3.8, 4) is 5.75 Å². The van der Waals surface area contributed by atoms with E-state index in [2.05, 4.69) is 31.9 Å². The first-order chi connectivity index (χ1) is 27.1. The van der Waals surface area contributed by atoms with Gasteiger partial charge in [0, 0.05) is 67.1 Å². The molecule has 9 N–H and O–H groups in total. The normalized spacial score (nSPS) is 20.8. The summed E-state index contributed by atoms with van der Waals surface area (Å²) in [5, 5.41) is 49.0. The third-order valence-electron chi connectivity index (χ3n) is 10.9. The molecule has 15 heteroatoms. The Morgan fingerprint density at radius 2 is 1.09 bits per heavy atom. The van der Waals surface area contributed by atoms with Crippen molar-refractivity contribution in [1.29, 1.82) is 0 Å². The summed E-state index contributed by atoms with van der Waals surface area (Å²) < 4.78 is 6.13. The van der Waals surface area contributed by atoms with E-state index in [1.807, 2.05) is 36.4 Å². The van der Waals surface area contributed by atoms with Crippen molar-refractivity contribution >= 4 is 40.9 Å². The lowest BCUT2D eigenvalue weighted by molar-refractivity contribution is -0.140. The third kappa shape index (κ3) is 11.1. The highest BCUT2D eigenvalue weighted by molar-refractivity contribution is 5.81. The Kier molecular flexibility index (Phi) is 14.0. The molecular formula is C41H53N7O8. The van der Waals surface area contributed by atoms with Crippen LogP contribution in [0.5, 0.6) is 5.75 Å². The fourth-order valence-electron chi connectivity index (χ4n) is 7.85. The van der Waals surface area contributed by atoms with E-state index < -0.39 is 36.0 Å². The van der Waals surface area contributed by atoms with Crippen LogP contribution in [0.4, 0.5) is 17.1 Å². The second-order valence-corrected chi connectivity index (χ2v) is 14.9. The fraction of sp³-hybridized carbons (Fsp3) is 0.463. The summed E-state index contributed by atoms with van der Waals surface area (Å²) in [6.07, 6.45) is 2.34. The van der Waals surface area contributed by atoms with Crippen molar-refractivity contribution in [3.05, 3.63) is 83.9 Å². The smallest absolute Gasteiger partial charge is 0.326 e. The summed E-state index contributed by atoms with van der Waals surface area (Å²) >= 11 is 0. The molecule has 0 radical (unpaired) electrons. The van der Waals surface area contributed by atoms with Gasteiger partial charge in [-0.1, -0.05) is 30.3 Å². The first kappa shape index (κ1) is 40.3. The molecule has 56 heavy (non-hydrogen) atoms. The first-order valence-corrected chi connectivity index (χ1v) is 19.4. The van der Waals surface area contributed by atoms with Gasteiger partial charge in [-0.05, 0) is 86.4 Å². The molecule has 0 saturated carbocycles. The van der Waals surface area contributed by atoms with E-state index in [1.165, 1.54) is 0 Å². The van der Waals surface area contributed by atoms with Crippen molar-refractivity contribution in [2.45, 2.75) is 50.4 Å². The van der Waals surface area contributed by atoms with E-state index >= 15 is 0 Å². The van der Waals surface area contributed by atoms with Crippen molar-refractivity contribution in [2.75, 3.05) is 68.4 Å². The predicted octanol–water partition coefficient (Wildman–Crippen LogP) is 2.76. The summed E-state index contributed by atoms with van der Waals surface area (Å²) in [7, 11) is 0. The molecule has 0 bridgehead atoms. The molecule has 6 rings (SSSR count). The van der Waals surface area contributed by atoms with E-state index in [-0.39, 0.29) is 49.8 Å². The van der Waals surface area contributed by atoms with Crippen LogP contribution in [-0.4, -0.2) is 115 Å². The van der Waals surface area contributed by atoms with Gasteiger partial charge in [0.05, 0.1) is 13.0 Å². The van der Waals surface area contributed by atoms with Crippen molar-refractivity contribution in [2.24, 2.45) is 17.8 Å². The summed E-state index contributed by atoms with van der Waals surface area (Å²) in [5.74, 6) is -2.57. The Morgan fingerprint density at radius 1 is 0.643 bits per heavy atom.